The molecule has 1 heterocycles. The molecular weight excluding hydrogens is 266 g/mol. The Labute approximate surface area is 125 Å². The standard InChI is InChI=1S/C16H23N3O2/c1-16(17,12-2-3-12)15(21)19-10-8-18(9-11-19)13-4-6-14(20)7-5-13/h4-7,12,20H,2-3,8-11,17H2,1H3. The van der Waals surface area contributed by atoms with Crippen LogP contribution in [0.5, 0.6) is 5.75 Å². The third-order valence-corrected chi connectivity index (χ3v) is 4.67. The number of hydrogen-bond acceptors (Lipinski definition) is 4. The first kappa shape index (κ1) is 14.2. The van der Waals surface area contributed by atoms with Crippen LogP contribution in [0.2, 0.25) is 0 Å². The Bertz CT molecular complexity index is 515. The molecule has 0 aromatic heterocycles. The highest BCUT2D eigenvalue weighted by Crippen LogP contribution is 2.39. The molecule has 5 heteroatoms. The number of nitrogens with two attached hydrogens (primary N) is 1. The normalized spacial score (nSPS) is 22.0. The second kappa shape index (κ2) is 5.22. The van der Waals surface area contributed by atoms with Crippen molar-refractivity contribution < 1.29 is 9.90 Å². The fourth-order valence-electron chi connectivity index (χ4n) is 3.03. The maximum absolute atomic E-state index is 12.5. The first-order valence-electron chi connectivity index (χ1n) is 7.61. The number of rotatable bonds is 3. The lowest BCUT2D eigenvalue weighted by Crippen LogP contribution is -2.59. The predicted octanol–water partition coefficient (Wildman–Crippen LogP) is 1.17. The molecule has 1 unspecified atom stereocenters. The zero-order valence-electron chi connectivity index (χ0n) is 12.5. The molecule has 0 spiro atoms. The van der Waals surface area contributed by atoms with Crippen molar-refractivity contribution in [3.8, 4) is 5.75 Å². The van der Waals surface area contributed by atoms with E-state index >= 15 is 0 Å². The molecule has 1 aromatic carbocycles. The lowest BCUT2D eigenvalue weighted by atomic mass is 9.95. The summed E-state index contributed by atoms with van der Waals surface area (Å²) in [6, 6.07) is 7.20. The van der Waals surface area contributed by atoms with Gasteiger partial charge in [0.05, 0.1) is 5.54 Å². The van der Waals surface area contributed by atoms with Gasteiger partial charge in [-0.3, -0.25) is 4.79 Å². The van der Waals surface area contributed by atoms with Crippen molar-refractivity contribution in [3.63, 3.8) is 0 Å². The Balaban J connectivity index is 1.60. The summed E-state index contributed by atoms with van der Waals surface area (Å²) in [5.74, 6) is 0.728. The topological polar surface area (TPSA) is 69.8 Å². The number of anilines is 1. The number of amides is 1. The minimum atomic E-state index is -0.694. The number of nitrogens with zero attached hydrogens (tertiary/aromatic N) is 2. The summed E-state index contributed by atoms with van der Waals surface area (Å²) in [6.07, 6.45) is 2.15. The van der Waals surface area contributed by atoms with Gasteiger partial charge in [-0.2, -0.15) is 0 Å². The van der Waals surface area contributed by atoms with Crippen LogP contribution in [0, 0.1) is 5.92 Å². The summed E-state index contributed by atoms with van der Waals surface area (Å²) in [4.78, 5) is 16.7. The van der Waals surface area contributed by atoms with Crippen LogP contribution in [-0.4, -0.2) is 47.6 Å². The summed E-state index contributed by atoms with van der Waals surface area (Å²) in [5, 5.41) is 9.33. The molecule has 1 atom stereocenters. The number of phenols is 1. The number of hydrogen-bond donors (Lipinski definition) is 2. The van der Waals surface area contributed by atoms with Gasteiger partial charge in [-0.05, 0) is 49.9 Å². The summed E-state index contributed by atoms with van der Waals surface area (Å²) in [5.41, 5.74) is 6.61. The summed E-state index contributed by atoms with van der Waals surface area (Å²) in [6.45, 7) is 4.90. The SMILES string of the molecule is CC(N)(C(=O)N1CCN(c2ccc(O)cc2)CC1)C1CC1. The van der Waals surface area contributed by atoms with Crippen molar-refractivity contribution in [3.05, 3.63) is 24.3 Å². The van der Waals surface area contributed by atoms with Crippen LogP contribution < -0.4 is 10.6 Å². The molecule has 0 radical (unpaired) electrons. The van der Waals surface area contributed by atoms with Gasteiger partial charge in [-0.25, -0.2) is 0 Å². The maximum atomic E-state index is 12.5. The summed E-state index contributed by atoms with van der Waals surface area (Å²) >= 11 is 0. The zero-order valence-corrected chi connectivity index (χ0v) is 12.5. The predicted molar refractivity (Wildman–Crippen MR) is 82.2 cm³/mol. The van der Waals surface area contributed by atoms with E-state index in [1.54, 1.807) is 12.1 Å². The van der Waals surface area contributed by atoms with Crippen LogP contribution in [0.1, 0.15) is 19.8 Å². The minimum absolute atomic E-state index is 0.0929. The van der Waals surface area contributed by atoms with Gasteiger partial charge >= 0.3 is 0 Å². The molecule has 1 aliphatic carbocycles. The average Bonchev–Trinajstić information content (AvgIpc) is 3.32. The van der Waals surface area contributed by atoms with E-state index in [0.717, 1.165) is 31.6 Å². The lowest BCUT2D eigenvalue weighted by molar-refractivity contribution is -0.137. The van der Waals surface area contributed by atoms with Gasteiger partial charge in [0.2, 0.25) is 5.91 Å². The molecule has 3 rings (SSSR count). The Morgan fingerprint density at radius 2 is 1.76 bits per heavy atom. The van der Waals surface area contributed by atoms with Crippen LogP contribution in [0.25, 0.3) is 0 Å². The Morgan fingerprint density at radius 1 is 1.19 bits per heavy atom. The fourth-order valence-corrected chi connectivity index (χ4v) is 3.03. The van der Waals surface area contributed by atoms with Gasteiger partial charge < -0.3 is 20.6 Å². The Hall–Kier alpha value is -1.75. The first-order chi connectivity index (χ1) is 9.98. The summed E-state index contributed by atoms with van der Waals surface area (Å²) in [7, 11) is 0. The highest BCUT2D eigenvalue weighted by molar-refractivity contribution is 5.86. The van der Waals surface area contributed by atoms with E-state index in [-0.39, 0.29) is 11.7 Å². The Morgan fingerprint density at radius 3 is 2.29 bits per heavy atom. The maximum Gasteiger partial charge on any atom is 0.242 e. The molecule has 21 heavy (non-hydrogen) atoms. The van der Waals surface area contributed by atoms with Crippen LogP contribution >= 0.6 is 0 Å². The van der Waals surface area contributed by atoms with Crippen molar-refractivity contribution in [2.75, 3.05) is 31.1 Å². The van der Waals surface area contributed by atoms with Crippen LogP contribution in [0.3, 0.4) is 0 Å². The van der Waals surface area contributed by atoms with Crippen molar-refractivity contribution >= 4 is 11.6 Å². The van der Waals surface area contributed by atoms with Gasteiger partial charge in [0.15, 0.2) is 0 Å². The van der Waals surface area contributed by atoms with Gasteiger partial charge in [-0.15, -0.1) is 0 Å². The molecule has 2 aliphatic rings. The van der Waals surface area contributed by atoms with E-state index in [9.17, 15) is 9.90 Å². The second-order valence-corrected chi connectivity index (χ2v) is 6.35. The third-order valence-electron chi connectivity index (χ3n) is 4.67. The van der Waals surface area contributed by atoms with Gasteiger partial charge in [0.25, 0.3) is 0 Å². The van der Waals surface area contributed by atoms with E-state index in [4.69, 9.17) is 5.73 Å². The van der Waals surface area contributed by atoms with Crippen LogP contribution in [0.15, 0.2) is 24.3 Å². The fraction of sp³-hybridized carbons (Fsp3) is 0.562. The van der Waals surface area contributed by atoms with Crippen molar-refractivity contribution in [2.24, 2.45) is 11.7 Å². The van der Waals surface area contributed by atoms with Crippen LogP contribution in [-0.2, 0) is 4.79 Å². The van der Waals surface area contributed by atoms with Crippen molar-refractivity contribution in [1.29, 1.82) is 0 Å². The molecular formula is C16H23N3O2. The zero-order chi connectivity index (χ0) is 15.0. The first-order valence-corrected chi connectivity index (χ1v) is 7.61. The molecule has 1 saturated carbocycles. The third kappa shape index (κ3) is 2.83. The van der Waals surface area contributed by atoms with E-state index < -0.39 is 5.54 Å². The van der Waals surface area contributed by atoms with E-state index in [0.29, 0.717) is 19.0 Å². The lowest BCUT2D eigenvalue weighted by Gasteiger charge is -2.39. The van der Waals surface area contributed by atoms with E-state index in [1.807, 2.05) is 24.0 Å². The monoisotopic (exact) mass is 289 g/mol. The number of carbonyl (C=O) groups is 1. The smallest absolute Gasteiger partial charge is 0.242 e. The molecule has 0 bridgehead atoms. The number of piperazine rings is 1. The van der Waals surface area contributed by atoms with Gasteiger partial charge in [-0.1, -0.05) is 0 Å². The molecule has 1 amide bonds. The molecule has 1 aromatic rings. The molecule has 2 fully saturated rings. The number of aromatic hydroxyl groups is 1. The molecule has 114 valence electrons. The van der Waals surface area contributed by atoms with Gasteiger partial charge in [0, 0.05) is 31.9 Å². The molecule has 1 aliphatic heterocycles. The molecule has 3 N–H and O–H groups in total. The quantitative estimate of drug-likeness (QED) is 0.876. The highest BCUT2D eigenvalue weighted by Gasteiger charge is 2.46. The number of carbonyl (C=O) groups excluding carboxylic acids is 1. The van der Waals surface area contributed by atoms with E-state index in [1.165, 1.54) is 0 Å². The largest absolute Gasteiger partial charge is 0.508 e. The van der Waals surface area contributed by atoms with Gasteiger partial charge in [0.1, 0.15) is 5.75 Å². The highest BCUT2D eigenvalue weighted by atomic mass is 16.3. The summed E-state index contributed by atoms with van der Waals surface area (Å²) < 4.78 is 0. The van der Waals surface area contributed by atoms with E-state index in [2.05, 4.69) is 4.90 Å². The van der Waals surface area contributed by atoms with Crippen LogP contribution in [0.4, 0.5) is 5.69 Å². The molecule has 1 saturated heterocycles. The minimum Gasteiger partial charge on any atom is -0.508 e. The molecule has 5 nitrogen and oxygen atoms in total. The second-order valence-electron chi connectivity index (χ2n) is 6.35. The van der Waals surface area contributed by atoms with Crippen molar-refractivity contribution in [2.45, 2.75) is 25.3 Å². The number of benzene rings is 1. The number of phenolic OH excluding ortho intramolecular Hbond substituents is 1. The average molecular weight is 289 g/mol. The van der Waals surface area contributed by atoms with Crippen molar-refractivity contribution in [1.82, 2.24) is 4.90 Å². The Kier molecular flexibility index (Phi) is 3.53.